The number of aromatic nitrogens is 1. The van der Waals surface area contributed by atoms with Gasteiger partial charge in [-0.25, -0.2) is 15.0 Å². The molecule has 0 saturated heterocycles. The standard InChI is InChI=1S/C24H17N7O2S/c25-10-18-22(26-11-16-2-1-7-34-16)17-9-15(29-13-32)4-6-19(17)30-23(18)31-24(33)14-3-5-20-21(8-14)28-12-27-20/h1-7,9,12-13H,8,11H2,(H,29,32)(H2,26,30,31,33). The Hall–Kier alpha value is -4.62. The third kappa shape index (κ3) is 4.07. The Morgan fingerprint density at radius 2 is 2.18 bits per heavy atom. The number of pyridine rings is 1. The van der Waals surface area contributed by atoms with Gasteiger partial charge in [0.1, 0.15) is 18.0 Å². The second-order valence-corrected chi connectivity index (χ2v) is 8.48. The minimum atomic E-state index is -0.364. The quantitative estimate of drug-likeness (QED) is 0.452. The summed E-state index contributed by atoms with van der Waals surface area (Å²) in [5.41, 5.74) is 3.84. The van der Waals surface area contributed by atoms with E-state index in [-0.39, 0.29) is 17.3 Å². The first-order valence-corrected chi connectivity index (χ1v) is 11.2. The van der Waals surface area contributed by atoms with Gasteiger partial charge in [-0.2, -0.15) is 5.26 Å². The fourth-order valence-corrected chi connectivity index (χ4v) is 4.38. The molecule has 2 aliphatic rings. The van der Waals surface area contributed by atoms with E-state index in [1.165, 1.54) is 6.34 Å². The molecule has 1 aliphatic heterocycles. The normalized spacial score (nSPS) is 13.9. The Morgan fingerprint density at radius 3 is 2.97 bits per heavy atom. The third-order valence-electron chi connectivity index (χ3n) is 5.37. The lowest BCUT2D eigenvalue weighted by Crippen LogP contribution is -2.20. The molecule has 1 aromatic carbocycles. The lowest BCUT2D eigenvalue weighted by molar-refractivity contribution is -0.113. The maximum absolute atomic E-state index is 13.0. The van der Waals surface area contributed by atoms with Gasteiger partial charge in [0.25, 0.3) is 5.91 Å². The van der Waals surface area contributed by atoms with Crippen LogP contribution in [0.4, 0.5) is 17.2 Å². The molecule has 0 spiro atoms. The Kier molecular flexibility index (Phi) is 5.68. The molecule has 0 radical (unpaired) electrons. The Balaban J connectivity index is 1.53. The zero-order chi connectivity index (χ0) is 23.5. The zero-order valence-electron chi connectivity index (χ0n) is 17.7. The Morgan fingerprint density at radius 1 is 1.26 bits per heavy atom. The Labute approximate surface area is 198 Å². The SMILES string of the molecule is N#Cc1c(NC(=O)C2=CC=C3N=CN=C3C2)nc2ccc(NC=O)cc2c1NCc1cccs1. The summed E-state index contributed by atoms with van der Waals surface area (Å²) in [6.45, 7) is 0.489. The van der Waals surface area contributed by atoms with Crippen molar-refractivity contribution in [3.63, 3.8) is 0 Å². The molecule has 5 rings (SSSR count). The van der Waals surface area contributed by atoms with Gasteiger partial charge in [-0.3, -0.25) is 9.59 Å². The summed E-state index contributed by atoms with van der Waals surface area (Å²) in [7, 11) is 0. The van der Waals surface area contributed by atoms with Crippen LogP contribution in [0.2, 0.25) is 0 Å². The van der Waals surface area contributed by atoms with Gasteiger partial charge >= 0.3 is 0 Å². The van der Waals surface area contributed by atoms with Crippen molar-refractivity contribution < 1.29 is 9.59 Å². The molecule has 3 N–H and O–H groups in total. The number of fused-ring (bicyclic) bond motifs is 2. The van der Waals surface area contributed by atoms with Crippen molar-refractivity contribution in [3.05, 3.63) is 69.6 Å². The molecule has 3 heterocycles. The highest BCUT2D eigenvalue weighted by Crippen LogP contribution is 2.34. The molecular formula is C24H17N7O2S. The topological polar surface area (TPSA) is 132 Å². The van der Waals surface area contributed by atoms with E-state index < -0.39 is 0 Å². The van der Waals surface area contributed by atoms with E-state index in [4.69, 9.17) is 0 Å². The zero-order valence-corrected chi connectivity index (χ0v) is 18.5. The van der Waals surface area contributed by atoms with Gasteiger partial charge < -0.3 is 16.0 Å². The first kappa shape index (κ1) is 21.2. The van der Waals surface area contributed by atoms with Crippen LogP contribution in [-0.4, -0.2) is 29.4 Å². The lowest BCUT2D eigenvalue weighted by atomic mass is 10.00. The van der Waals surface area contributed by atoms with Gasteiger partial charge in [0.2, 0.25) is 6.41 Å². The maximum atomic E-state index is 13.0. The number of hydrogen-bond acceptors (Lipinski definition) is 8. The molecule has 3 aromatic rings. The lowest BCUT2D eigenvalue weighted by Gasteiger charge is -2.17. The van der Waals surface area contributed by atoms with Crippen LogP contribution in [0.25, 0.3) is 10.9 Å². The summed E-state index contributed by atoms with van der Waals surface area (Å²) in [4.78, 5) is 37.9. The molecule has 0 saturated carbocycles. The maximum Gasteiger partial charge on any atom is 0.253 e. The number of carbonyl (C=O) groups excluding carboxylic acids is 2. The second-order valence-electron chi connectivity index (χ2n) is 7.44. The number of rotatable bonds is 7. The highest BCUT2D eigenvalue weighted by atomic mass is 32.1. The predicted molar refractivity (Wildman–Crippen MR) is 133 cm³/mol. The molecule has 9 nitrogen and oxygen atoms in total. The van der Waals surface area contributed by atoms with Crippen molar-refractivity contribution in [1.82, 2.24) is 4.98 Å². The largest absolute Gasteiger partial charge is 0.378 e. The molecule has 2 aromatic heterocycles. The minimum absolute atomic E-state index is 0.157. The van der Waals surface area contributed by atoms with E-state index >= 15 is 0 Å². The fraction of sp³-hybridized carbons (Fsp3) is 0.0833. The van der Waals surface area contributed by atoms with Crippen LogP contribution >= 0.6 is 11.3 Å². The van der Waals surface area contributed by atoms with Crippen LogP contribution in [0.3, 0.4) is 0 Å². The number of nitrogens with zero attached hydrogens (tertiary/aromatic N) is 4. The average molecular weight is 468 g/mol. The highest BCUT2D eigenvalue weighted by Gasteiger charge is 2.23. The van der Waals surface area contributed by atoms with E-state index in [0.717, 1.165) is 16.3 Å². The van der Waals surface area contributed by atoms with Crippen LogP contribution in [0.1, 0.15) is 16.9 Å². The number of allylic oxidation sites excluding steroid dienone is 3. The van der Waals surface area contributed by atoms with Crippen molar-refractivity contribution >= 4 is 63.8 Å². The number of nitrogens with one attached hydrogen (secondary N) is 3. The van der Waals surface area contributed by atoms with Crippen molar-refractivity contribution in [2.24, 2.45) is 9.98 Å². The molecule has 10 heteroatoms. The monoisotopic (exact) mass is 467 g/mol. The van der Waals surface area contributed by atoms with Gasteiger partial charge in [-0.15, -0.1) is 11.3 Å². The molecule has 0 fully saturated rings. The summed E-state index contributed by atoms with van der Waals surface area (Å²) in [6, 6.07) is 11.3. The highest BCUT2D eigenvalue weighted by molar-refractivity contribution is 7.09. The van der Waals surface area contributed by atoms with Crippen LogP contribution in [0, 0.1) is 11.3 Å². The van der Waals surface area contributed by atoms with Gasteiger partial charge in [0.15, 0.2) is 5.82 Å². The van der Waals surface area contributed by atoms with Crippen molar-refractivity contribution in [3.8, 4) is 6.07 Å². The molecule has 0 atom stereocenters. The third-order valence-corrected chi connectivity index (χ3v) is 6.25. The second kappa shape index (κ2) is 9.09. The van der Waals surface area contributed by atoms with Crippen LogP contribution < -0.4 is 16.0 Å². The van der Waals surface area contributed by atoms with Crippen molar-refractivity contribution in [2.45, 2.75) is 13.0 Å². The smallest absolute Gasteiger partial charge is 0.253 e. The number of carbonyl (C=O) groups is 2. The first-order chi connectivity index (χ1) is 16.7. The van der Waals surface area contributed by atoms with E-state index in [0.29, 0.717) is 47.2 Å². The summed E-state index contributed by atoms with van der Waals surface area (Å²) in [6.07, 6.45) is 5.85. The molecule has 2 amide bonds. The van der Waals surface area contributed by atoms with Gasteiger partial charge in [0.05, 0.1) is 22.6 Å². The number of aliphatic imine (C=N–C) groups is 2. The van der Waals surface area contributed by atoms with E-state index in [1.807, 2.05) is 17.5 Å². The molecule has 166 valence electrons. The molecule has 1 aliphatic carbocycles. The average Bonchev–Trinajstić information content (AvgIpc) is 3.54. The molecule has 0 unspecified atom stereocenters. The Bertz CT molecular complexity index is 1480. The van der Waals surface area contributed by atoms with Crippen LogP contribution in [0.5, 0.6) is 0 Å². The molecule has 0 bridgehead atoms. The van der Waals surface area contributed by atoms with Gasteiger partial charge in [-0.05, 0) is 35.7 Å². The fourth-order valence-electron chi connectivity index (χ4n) is 3.73. The first-order valence-electron chi connectivity index (χ1n) is 10.3. The van der Waals surface area contributed by atoms with Gasteiger partial charge in [0, 0.05) is 34.5 Å². The minimum Gasteiger partial charge on any atom is -0.378 e. The van der Waals surface area contributed by atoms with E-state index in [9.17, 15) is 14.9 Å². The summed E-state index contributed by atoms with van der Waals surface area (Å²) < 4.78 is 0. The van der Waals surface area contributed by atoms with E-state index in [2.05, 4.69) is 37.0 Å². The summed E-state index contributed by atoms with van der Waals surface area (Å²) in [5.74, 6) is -0.207. The van der Waals surface area contributed by atoms with Crippen LogP contribution in [0.15, 0.2) is 69.1 Å². The van der Waals surface area contributed by atoms with E-state index in [1.54, 1.807) is 41.7 Å². The number of nitriles is 1. The summed E-state index contributed by atoms with van der Waals surface area (Å²) in [5, 5.41) is 21.4. The number of thiophene rings is 1. The predicted octanol–water partition coefficient (Wildman–Crippen LogP) is 3.98. The number of amides is 2. The van der Waals surface area contributed by atoms with Crippen LogP contribution in [-0.2, 0) is 16.1 Å². The van der Waals surface area contributed by atoms with Crippen molar-refractivity contribution in [1.29, 1.82) is 5.26 Å². The summed E-state index contributed by atoms with van der Waals surface area (Å²) >= 11 is 1.59. The number of hydrogen-bond donors (Lipinski definition) is 3. The van der Waals surface area contributed by atoms with Crippen molar-refractivity contribution in [2.75, 3.05) is 16.0 Å². The molecule has 34 heavy (non-hydrogen) atoms. The molecular weight excluding hydrogens is 450 g/mol. The number of anilines is 3. The number of benzene rings is 1. The van der Waals surface area contributed by atoms with Gasteiger partial charge in [-0.1, -0.05) is 12.1 Å².